The quantitative estimate of drug-likeness (QED) is 0.540. The maximum atomic E-state index is 5.60. The third-order valence-corrected chi connectivity index (χ3v) is 1.92. The summed E-state index contributed by atoms with van der Waals surface area (Å²) < 4.78 is 16.3. The lowest BCUT2D eigenvalue weighted by atomic mass is 10.2. The Morgan fingerprint density at radius 2 is 1.50 bits per heavy atom. The predicted octanol–water partition coefficient (Wildman–Crippen LogP) is 2.59. The van der Waals surface area contributed by atoms with Crippen molar-refractivity contribution in [3.63, 3.8) is 0 Å². The highest BCUT2D eigenvalue weighted by molar-refractivity contribution is 4.50. The summed E-state index contributed by atoms with van der Waals surface area (Å²) in [5, 5.41) is 0. The van der Waals surface area contributed by atoms with Crippen molar-refractivity contribution in [3.8, 4) is 0 Å². The SMILES string of the molecule is CCCC(C)OCC(OCC)OCC. The van der Waals surface area contributed by atoms with Gasteiger partial charge in [0.15, 0.2) is 6.29 Å². The van der Waals surface area contributed by atoms with E-state index < -0.39 is 0 Å². The zero-order chi connectivity index (χ0) is 10.8. The van der Waals surface area contributed by atoms with E-state index in [9.17, 15) is 0 Å². The van der Waals surface area contributed by atoms with Crippen molar-refractivity contribution in [2.75, 3.05) is 19.8 Å². The Morgan fingerprint density at radius 3 is 1.93 bits per heavy atom. The van der Waals surface area contributed by atoms with E-state index in [0.717, 1.165) is 12.8 Å². The molecule has 0 aliphatic carbocycles. The summed E-state index contributed by atoms with van der Waals surface area (Å²) in [5.41, 5.74) is 0. The van der Waals surface area contributed by atoms with E-state index in [4.69, 9.17) is 14.2 Å². The lowest BCUT2D eigenvalue weighted by molar-refractivity contribution is -0.175. The zero-order valence-corrected chi connectivity index (χ0v) is 9.91. The van der Waals surface area contributed by atoms with Gasteiger partial charge in [-0.05, 0) is 27.2 Å². The van der Waals surface area contributed by atoms with Gasteiger partial charge in [0.2, 0.25) is 0 Å². The molecule has 3 heteroatoms. The van der Waals surface area contributed by atoms with E-state index in [2.05, 4.69) is 13.8 Å². The summed E-state index contributed by atoms with van der Waals surface area (Å²) in [6.07, 6.45) is 2.33. The standard InChI is InChI=1S/C11H24O3/c1-5-8-10(4)14-9-11(12-6-2)13-7-3/h10-11H,5-9H2,1-4H3. The van der Waals surface area contributed by atoms with Crippen LogP contribution in [0.2, 0.25) is 0 Å². The largest absolute Gasteiger partial charge is 0.373 e. The topological polar surface area (TPSA) is 27.7 Å². The molecule has 0 saturated heterocycles. The molecule has 0 aromatic rings. The van der Waals surface area contributed by atoms with Crippen molar-refractivity contribution in [3.05, 3.63) is 0 Å². The van der Waals surface area contributed by atoms with Crippen LogP contribution in [-0.2, 0) is 14.2 Å². The average Bonchev–Trinajstić information content (AvgIpc) is 2.15. The number of hydrogen-bond donors (Lipinski definition) is 0. The average molecular weight is 204 g/mol. The predicted molar refractivity (Wildman–Crippen MR) is 57.4 cm³/mol. The zero-order valence-electron chi connectivity index (χ0n) is 9.91. The summed E-state index contributed by atoms with van der Waals surface area (Å²) in [6.45, 7) is 10.0. The summed E-state index contributed by atoms with van der Waals surface area (Å²) in [7, 11) is 0. The highest BCUT2D eigenvalue weighted by Crippen LogP contribution is 2.04. The molecule has 14 heavy (non-hydrogen) atoms. The molecule has 0 spiro atoms. The molecule has 0 rings (SSSR count). The van der Waals surface area contributed by atoms with Crippen LogP contribution in [0.4, 0.5) is 0 Å². The lowest BCUT2D eigenvalue weighted by Gasteiger charge is -2.19. The Morgan fingerprint density at radius 1 is 0.929 bits per heavy atom. The summed E-state index contributed by atoms with van der Waals surface area (Å²) in [5.74, 6) is 0. The molecule has 0 amide bonds. The molecule has 3 nitrogen and oxygen atoms in total. The van der Waals surface area contributed by atoms with E-state index in [-0.39, 0.29) is 6.29 Å². The molecule has 1 atom stereocenters. The molecule has 0 bridgehead atoms. The second kappa shape index (κ2) is 9.44. The minimum absolute atomic E-state index is 0.204. The maximum absolute atomic E-state index is 5.60. The van der Waals surface area contributed by atoms with Gasteiger partial charge in [0, 0.05) is 13.2 Å². The molecule has 0 saturated carbocycles. The van der Waals surface area contributed by atoms with Gasteiger partial charge in [0.05, 0.1) is 12.7 Å². The summed E-state index contributed by atoms with van der Waals surface area (Å²) >= 11 is 0. The van der Waals surface area contributed by atoms with Gasteiger partial charge < -0.3 is 14.2 Å². The Hall–Kier alpha value is -0.120. The van der Waals surface area contributed by atoms with Crippen molar-refractivity contribution in [2.24, 2.45) is 0 Å². The molecule has 1 unspecified atom stereocenters. The van der Waals surface area contributed by atoms with Crippen LogP contribution in [0.1, 0.15) is 40.5 Å². The normalized spacial score (nSPS) is 13.5. The molecule has 0 N–H and O–H groups in total. The van der Waals surface area contributed by atoms with Crippen LogP contribution in [0.5, 0.6) is 0 Å². The van der Waals surface area contributed by atoms with E-state index in [0.29, 0.717) is 25.9 Å². The van der Waals surface area contributed by atoms with Crippen molar-refractivity contribution in [2.45, 2.75) is 52.9 Å². The van der Waals surface area contributed by atoms with Crippen molar-refractivity contribution in [1.82, 2.24) is 0 Å². The first-order valence-corrected chi connectivity index (χ1v) is 5.59. The second-order valence-corrected chi connectivity index (χ2v) is 3.27. The van der Waals surface area contributed by atoms with Gasteiger partial charge in [0.25, 0.3) is 0 Å². The van der Waals surface area contributed by atoms with Gasteiger partial charge in [0.1, 0.15) is 0 Å². The highest BCUT2D eigenvalue weighted by atomic mass is 16.7. The van der Waals surface area contributed by atoms with Crippen LogP contribution in [0.3, 0.4) is 0 Å². The maximum Gasteiger partial charge on any atom is 0.180 e. The van der Waals surface area contributed by atoms with Gasteiger partial charge in [-0.2, -0.15) is 0 Å². The van der Waals surface area contributed by atoms with E-state index >= 15 is 0 Å². The minimum atomic E-state index is -0.204. The molecular weight excluding hydrogens is 180 g/mol. The van der Waals surface area contributed by atoms with Crippen LogP contribution in [0, 0.1) is 0 Å². The molecule has 0 radical (unpaired) electrons. The van der Waals surface area contributed by atoms with Crippen LogP contribution in [0.15, 0.2) is 0 Å². The third-order valence-electron chi connectivity index (χ3n) is 1.92. The first-order chi connectivity index (χ1) is 6.74. The minimum Gasteiger partial charge on any atom is -0.373 e. The molecular formula is C11H24O3. The molecule has 86 valence electrons. The molecule has 0 aliphatic rings. The number of ether oxygens (including phenoxy) is 3. The van der Waals surface area contributed by atoms with Gasteiger partial charge in [-0.25, -0.2) is 0 Å². The Bertz CT molecular complexity index is 111. The molecule has 0 heterocycles. The summed E-state index contributed by atoms with van der Waals surface area (Å²) in [6, 6.07) is 0. The van der Waals surface area contributed by atoms with E-state index in [1.807, 2.05) is 13.8 Å². The molecule has 0 aromatic carbocycles. The number of hydrogen-bond acceptors (Lipinski definition) is 3. The third kappa shape index (κ3) is 7.30. The van der Waals surface area contributed by atoms with Crippen molar-refractivity contribution >= 4 is 0 Å². The first-order valence-electron chi connectivity index (χ1n) is 5.59. The Balaban J connectivity index is 3.57. The number of rotatable bonds is 9. The smallest absolute Gasteiger partial charge is 0.180 e. The van der Waals surface area contributed by atoms with E-state index in [1.54, 1.807) is 0 Å². The van der Waals surface area contributed by atoms with Crippen molar-refractivity contribution < 1.29 is 14.2 Å². The van der Waals surface area contributed by atoms with Crippen LogP contribution in [0.25, 0.3) is 0 Å². The van der Waals surface area contributed by atoms with Gasteiger partial charge in [-0.15, -0.1) is 0 Å². The second-order valence-electron chi connectivity index (χ2n) is 3.27. The van der Waals surface area contributed by atoms with E-state index in [1.165, 1.54) is 0 Å². The highest BCUT2D eigenvalue weighted by Gasteiger charge is 2.10. The molecule has 0 fully saturated rings. The van der Waals surface area contributed by atoms with Crippen LogP contribution < -0.4 is 0 Å². The van der Waals surface area contributed by atoms with Crippen LogP contribution >= 0.6 is 0 Å². The molecule has 0 aromatic heterocycles. The van der Waals surface area contributed by atoms with Crippen molar-refractivity contribution in [1.29, 1.82) is 0 Å². The molecule has 0 aliphatic heterocycles. The van der Waals surface area contributed by atoms with Crippen LogP contribution in [-0.4, -0.2) is 32.2 Å². The van der Waals surface area contributed by atoms with Gasteiger partial charge in [-0.1, -0.05) is 13.3 Å². The van der Waals surface area contributed by atoms with Gasteiger partial charge in [-0.3, -0.25) is 0 Å². The monoisotopic (exact) mass is 204 g/mol. The fourth-order valence-electron chi connectivity index (χ4n) is 1.25. The fraction of sp³-hybridized carbons (Fsp3) is 1.00. The first kappa shape index (κ1) is 13.9. The lowest BCUT2D eigenvalue weighted by Crippen LogP contribution is -2.26. The summed E-state index contributed by atoms with van der Waals surface area (Å²) in [4.78, 5) is 0. The van der Waals surface area contributed by atoms with Gasteiger partial charge >= 0.3 is 0 Å². The Labute approximate surface area is 87.7 Å². The Kier molecular flexibility index (Phi) is 9.35. The fourth-order valence-corrected chi connectivity index (χ4v) is 1.25.